The van der Waals surface area contributed by atoms with Crippen LogP contribution < -0.4 is 0 Å². The van der Waals surface area contributed by atoms with Crippen molar-refractivity contribution in [2.45, 2.75) is 40.0 Å². The van der Waals surface area contributed by atoms with Gasteiger partial charge in [-0.3, -0.25) is 9.59 Å². The Kier molecular flexibility index (Phi) is 7.60. The summed E-state index contributed by atoms with van der Waals surface area (Å²) in [7, 11) is 1.34. The van der Waals surface area contributed by atoms with Crippen LogP contribution in [0.25, 0.3) is 0 Å². The molecule has 0 aromatic carbocycles. The predicted octanol–water partition coefficient (Wildman–Crippen LogP) is 1.83. The van der Waals surface area contributed by atoms with E-state index in [0.717, 1.165) is 12.8 Å². The number of carbonyl (C=O) groups excluding carboxylic acids is 2. The van der Waals surface area contributed by atoms with Crippen molar-refractivity contribution in [3.05, 3.63) is 0 Å². The molecule has 0 unspecified atom stereocenters. The first-order chi connectivity index (χ1) is 7.58. The molecule has 0 aliphatic carbocycles. The highest BCUT2D eigenvalue weighted by atomic mass is 16.5. The SMILES string of the molecule is CCC(=O)N(CC(=O)OC)CC(CC)CC. The average molecular weight is 229 g/mol. The quantitative estimate of drug-likeness (QED) is 0.626. The number of rotatable bonds is 7. The molecule has 0 aromatic heterocycles. The van der Waals surface area contributed by atoms with Crippen LogP contribution in [0.4, 0.5) is 0 Å². The second-order valence-electron chi connectivity index (χ2n) is 3.89. The molecule has 0 saturated heterocycles. The molecule has 0 atom stereocenters. The van der Waals surface area contributed by atoms with Gasteiger partial charge in [0.1, 0.15) is 6.54 Å². The second kappa shape index (κ2) is 8.13. The fraction of sp³-hybridized carbons (Fsp3) is 0.833. The van der Waals surface area contributed by atoms with E-state index in [9.17, 15) is 9.59 Å². The van der Waals surface area contributed by atoms with E-state index in [4.69, 9.17) is 0 Å². The summed E-state index contributed by atoms with van der Waals surface area (Å²) in [5, 5.41) is 0. The molecule has 4 heteroatoms. The standard InChI is InChI=1S/C12H23NO3/c1-5-10(6-2)8-13(11(14)7-3)9-12(15)16-4/h10H,5-9H2,1-4H3. The van der Waals surface area contributed by atoms with Crippen LogP contribution in [0, 0.1) is 5.92 Å². The Hall–Kier alpha value is -1.06. The molecular weight excluding hydrogens is 206 g/mol. The minimum Gasteiger partial charge on any atom is -0.468 e. The van der Waals surface area contributed by atoms with Crippen LogP contribution in [0.1, 0.15) is 40.0 Å². The van der Waals surface area contributed by atoms with Gasteiger partial charge >= 0.3 is 5.97 Å². The number of hydrogen-bond acceptors (Lipinski definition) is 3. The molecule has 4 nitrogen and oxygen atoms in total. The monoisotopic (exact) mass is 229 g/mol. The van der Waals surface area contributed by atoms with Crippen molar-refractivity contribution >= 4 is 11.9 Å². The summed E-state index contributed by atoms with van der Waals surface area (Å²) in [6, 6.07) is 0. The van der Waals surface area contributed by atoms with Crippen LogP contribution in [0.5, 0.6) is 0 Å². The number of esters is 1. The fourth-order valence-electron chi connectivity index (χ4n) is 1.56. The summed E-state index contributed by atoms with van der Waals surface area (Å²) < 4.78 is 4.59. The molecule has 0 saturated carbocycles. The second-order valence-corrected chi connectivity index (χ2v) is 3.89. The minimum atomic E-state index is -0.354. The highest BCUT2D eigenvalue weighted by Crippen LogP contribution is 2.10. The Balaban J connectivity index is 4.42. The number of nitrogens with zero attached hydrogens (tertiary/aromatic N) is 1. The zero-order chi connectivity index (χ0) is 12.6. The number of amides is 1. The summed E-state index contributed by atoms with van der Waals surface area (Å²) in [6.45, 7) is 6.72. The summed E-state index contributed by atoms with van der Waals surface area (Å²) in [4.78, 5) is 24.4. The van der Waals surface area contributed by atoms with E-state index in [1.54, 1.807) is 11.8 Å². The maximum Gasteiger partial charge on any atom is 0.325 e. The molecule has 0 bridgehead atoms. The smallest absolute Gasteiger partial charge is 0.325 e. The van der Waals surface area contributed by atoms with E-state index in [1.165, 1.54) is 7.11 Å². The summed E-state index contributed by atoms with van der Waals surface area (Å²) >= 11 is 0. The third-order valence-electron chi connectivity index (χ3n) is 2.84. The van der Waals surface area contributed by atoms with Crippen LogP contribution in [-0.4, -0.2) is 37.0 Å². The molecule has 16 heavy (non-hydrogen) atoms. The molecule has 0 rings (SSSR count). The minimum absolute atomic E-state index is 0.0114. The van der Waals surface area contributed by atoms with Gasteiger partial charge in [0.2, 0.25) is 5.91 Å². The zero-order valence-corrected chi connectivity index (χ0v) is 10.8. The lowest BCUT2D eigenvalue weighted by Crippen LogP contribution is -2.39. The Morgan fingerprint density at radius 1 is 1.19 bits per heavy atom. The van der Waals surface area contributed by atoms with Crippen LogP contribution in [0.3, 0.4) is 0 Å². The van der Waals surface area contributed by atoms with Crippen molar-refractivity contribution in [1.29, 1.82) is 0 Å². The van der Waals surface area contributed by atoms with Crippen molar-refractivity contribution in [2.24, 2.45) is 5.92 Å². The van der Waals surface area contributed by atoms with Gasteiger partial charge < -0.3 is 9.64 Å². The van der Waals surface area contributed by atoms with E-state index in [0.29, 0.717) is 18.9 Å². The third kappa shape index (κ3) is 5.14. The van der Waals surface area contributed by atoms with E-state index in [-0.39, 0.29) is 18.4 Å². The van der Waals surface area contributed by atoms with Crippen LogP contribution in [0.15, 0.2) is 0 Å². The molecule has 0 aliphatic rings. The lowest BCUT2D eigenvalue weighted by molar-refractivity contribution is -0.147. The Labute approximate surface area is 98.0 Å². The molecule has 94 valence electrons. The van der Waals surface area contributed by atoms with Crippen molar-refractivity contribution < 1.29 is 14.3 Å². The first-order valence-electron chi connectivity index (χ1n) is 5.93. The van der Waals surface area contributed by atoms with E-state index < -0.39 is 0 Å². The zero-order valence-electron chi connectivity index (χ0n) is 10.8. The molecule has 0 aliphatic heterocycles. The van der Waals surface area contributed by atoms with Gasteiger partial charge in [-0.2, -0.15) is 0 Å². The molecule has 0 aromatic rings. The Bertz CT molecular complexity index is 224. The van der Waals surface area contributed by atoms with Crippen molar-refractivity contribution in [3.8, 4) is 0 Å². The lowest BCUT2D eigenvalue weighted by atomic mass is 10.0. The molecule has 1 amide bonds. The highest BCUT2D eigenvalue weighted by Gasteiger charge is 2.18. The van der Waals surface area contributed by atoms with Crippen molar-refractivity contribution in [3.63, 3.8) is 0 Å². The Morgan fingerprint density at radius 3 is 2.12 bits per heavy atom. The summed E-state index contributed by atoms with van der Waals surface area (Å²) in [6.07, 6.45) is 2.47. The third-order valence-corrected chi connectivity index (χ3v) is 2.84. The van der Waals surface area contributed by atoms with Crippen LogP contribution in [-0.2, 0) is 14.3 Å². The van der Waals surface area contributed by atoms with Gasteiger partial charge in [0.15, 0.2) is 0 Å². The van der Waals surface area contributed by atoms with E-state index in [1.807, 2.05) is 0 Å². The van der Waals surface area contributed by atoms with Crippen molar-refractivity contribution in [1.82, 2.24) is 4.90 Å². The average Bonchev–Trinajstić information content (AvgIpc) is 2.32. The van der Waals surface area contributed by atoms with Gasteiger partial charge in [-0.15, -0.1) is 0 Å². The first-order valence-corrected chi connectivity index (χ1v) is 5.93. The number of ether oxygens (including phenoxy) is 1. The summed E-state index contributed by atoms with van der Waals surface area (Å²) in [5.41, 5.74) is 0. The molecular formula is C12H23NO3. The number of carbonyl (C=O) groups is 2. The predicted molar refractivity (Wildman–Crippen MR) is 63.0 cm³/mol. The van der Waals surface area contributed by atoms with Gasteiger partial charge in [0, 0.05) is 13.0 Å². The van der Waals surface area contributed by atoms with E-state index >= 15 is 0 Å². The maximum absolute atomic E-state index is 11.6. The van der Waals surface area contributed by atoms with E-state index in [2.05, 4.69) is 18.6 Å². The Morgan fingerprint density at radius 2 is 1.75 bits per heavy atom. The largest absolute Gasteiger partial charge is 0.468 e. The van der Waals surface area contributed by atoms with Gasteiger partial charge in [-0.1, -0.05) is 33.6 Å². The lowest BCUT2D eigenvalue weighted by Gasteiger charge is -2.25. The topological polar surface area (TPSA) is 46.6 Å². The molecule has 0 radical (unpaired) electrons. The first kappa shape index (κ1) is 14.9. The van der Waals surface area contributed by atoms with Crippen LogP contribution >= 0.6 is 0 Å². The molecule has 0 heterocycles. The highest BCUT2D eigenvalue weighted by molar-refractivity contribution is 5.81. The number of hydrogen-bond donors (Lipinski definition) is 0. The number of methoxy groups -OCH3 is 1. The van der Waals surface area contributed by atoms with Crippen LogP contribution in [0.2, 0.25) is 0 Å². The fourth-order valence-corrected chi connectivity index (χ4v) is 1.56. The van der Waals surface area contributed by atoms with Gasteiger partial charge in [0.05, 0.1) is 7.11 Å². The van der Waals surface area contributed by atoms with Crippen molar-refractivity contribution in [2.75, 3.05) is 20.2 Å². The normalized spacial score (nSPS) is 10.3. The molecule has 0 spiro atoms. The molecule has 0 N–H and O–H groups in total. The van der Waals surface area contributed by atoms with Gasteiger partial charge in [-0.05, 0) is 5.92 Å². The van der Waals surface area contributed by atoms with Gasteiger partial charge in [0.25, 0.3) is 0 Å². The van der Waals surface area contributed by atoms with Gasteiger partial charge in [-0.25, -0.2) is 0 Å². The maximum atomic E-state index is 11.6. The molecule has 0 fully saturated rings. The summed E-state index contributed by atoms with van der Waals surface area (Å²) in [5.74, 6) is 0.116.